The van der Waals surface area contributed by atoms with Crippen LogP contribution in [-0.4, -0.2) is 43.1 Å². The van der Waals surface area contributed by atoms with Gasteiger partial charge in [-0.15, -0.1) is 0 Å². The predicted octanol–water partition coefficient (Wildman–Crippen LogP) is 10.6. The van der Waals surface area contributed by atoms with Gasteiger partial charge in [-0.25, -0.2) is 19.9 Å². The number of aromatic nitrogens is 6. The average Bonchev–Trinajstić information content (AvgIpc) is 3.80. The topological polar surface area (TPSA) is 149 Å². The number of aryl methyl sites for hydroxylation is 4. The van der Waals surface area contributed by atoms with Gasteiger partial charge >= 0.3 is 0 Å². The Labute approximate surface area is 354 Å². The number of ether oxygens (including phenoxy) is 2. The predicted molar refractivity (Wildman–Crippen MR) is 240 cm³/mol. The van der Waals surface area contributed by atoms with Crippen molar-refractivity contribution < 1.29 is 9.47 Å². The molecule has 0 unspecified atom stereocenters. The molecule has 0 amide bonds. The second kappa shape index (κ2) is 21.1. The van der Waals surface area contributed by atoms with Crippen molar-refractivity contribution in [3.8, 4) is 46.2 Å². The van der Waals surface area contributed by atoms with Crippen LogP contribution < -0.4 is 20.2 Å². The molecule has 6 aromatic rings. The first-order valence-corrected chi connectivity index (χ1v) is 21.7. The fourth-order valence-corrected chi connectivity index (χ4v) is 7.75. The molecule has 0 fully saturated rings. The van der Waals surface area contributed by atoms with Crippen LogP contribution in [0.3, 0.4) is 0 Å². The lowest BCUT2D eigenvalue weighted by Gasteiger charge is -2.08. The molecule has 0 aliphatic heterocycles. The van der Waals surface area contributed by atoms with E-state index in [-0.39, 0.29) is 11.1 Å². The zero-order valence-electron chi connectivity index (χ0n) is 36.2. The summed E-state index contributed by atoms with van der Waals surface area (Å²) in [5.41, 5.74) is 6.70. The lowest BCUT2D eigenvalue weighted by molar-refractivity contribution is 0.304. The SMILES string of the molecule is CCCCCCCCOc1ccc(-c2[nH]/c(=C(/C#N)c3nc(C)cc(C)n3)c3c(-c4ccc(OCCCCCCCC)cc4)[nH]/c(=C(/C#N)c4nc(C)cc(C)n4)c23)cc1. The first kappa shape index (κ1) is 43.3. The molecule has 6 rings (SSSR count). The van der Waals surface area contributed by atoms with Gasteiger partial charge in [-0.1, -0.05) is 78.1 Å². The first-order valence-electron chi connectivity index (χ1n) is 21.7. The summed E-state index contributed by atoms with van der Waals surface area (Å²) in [7, 11) is 0. The van der Waals surface area contributed by atoms with Gasteiger partial charge in [0.05, 0.1) is 35.3 Å². The Morgan fingerprint density at radius 3 is 1.17 bits per heavy atom. The number of hydrogen-bond donors (Lipinski definition) is 2. The molecule has 0 saturated heterocycles. The van der Waals surface area contributed by atoms with Gasteiger partial charge in [0.25, 0.3) is 0 Å². The molecule has 2 N–H and O–H groups in total. The van der Waals surface area contributed by atoms with E-state index in [9.17, 15) is 10.5 Å². The number of benzene rings is 2. The van der Waals surface area contributed by atoms with Crippen LogP contribution in [0.2, 0.25) is 0 Å². The number of rotatable bonds is 20. The minimum Gasteiger partial charge on any atom is -0.494 e. The molecule has 0 radical (unpaired) electrons. The second-order valence-electron chi connectivity index (χ2n) is 15.7. The standard InChI is InChI=1S/C50H58N8O2/c1-7-9-11-13-15-17-27-59-39-23-19-37(20-24-39)45-43-44(48(57-45)42(32-52)50-55-35(5)30-36(6)56-50)46(58-47(43)41(31-51)49-53-33(3)29-34(4)54-49)38-21-25-40(26-22-38)60-28-18-16-14-12-10-8-2/h19-26,29-30,57-58H,7-18,27-28H2,1-6H3/b47-41-,48-42-. The minimum atomic E-state index is 0.281. The molecule has 0 aliphatic carbocycles. The molecule has 0 spiro atoms. The van der Waals surface area contributed by atoms with Crippen molar-refractivity contribution in [3.05, 3.63) is 106 Å². The summed E-state index contributed by atoms with van der Waals surface area (Å²) in [5, 5.41) is 24.3. The van der Waals surface area contributed by atoms with E-state index in [2.05, 4.69) is 36.0 Å². The molecular formula is C50H58N8O2. The zero-order valence-corrected chi connectivity index (χ0v) is 36.2. The molecule has 0 saturated carbocycles. The highest BCUT2D eigenvalue weighted by atomic mass is 16.5. The number of nitrogens with one attached hydrogen (secondary N) is 2. The molecule has 0 atom stereocenters. The number of hydrogen-bond acceptors (Lipinski definition) is 8. The molecular weight excluding hydrogens is 745 g/mol. The Bertz CT molecular complexity index is 2370. The van der Waals surface area contributed by atoms with Gasteiger partial charge < -0.3 is 19.4 Å². The van der Waals surface area contributed by atoms with E-state index in [1.54, 1.807) is 0 Å². The Hall–Kier alpha value is -6.26. The van der Waals surface area contributed by atoms with Crippen LogP contribution in [0.25, 0.3) is 44.4 Å². The highest BCUT2D eigenvalue weighted by Crippen LogP contribution is 2.33. The highest BCUT2D eigenvalue weighted by molar-refractivity contribution is 6.07. The van der Waals surface area contributed by atoms with Crippen molar-refractivity contribution in [1.82, 2.24) is 29.9 Å². The Kier molecular flexibility index (Phi) is 15.3. The maximum absolute atomic E-state index is 10.9. The lowest BCUT2D eigenvalue weighted by Crippen LogP contribution is -2.13. The van der Waals surface area contributed by atoms with Crippen LogP contribution in [-0.2, 0) is 0 Å². The monoisotopic (exact) mass is 802 g/mol. The van der Waals surface area contributed by atoms with Crippen LogP contribution in [0.15, 0.2) is 60.7 Å². The molecule has 4 aromatic heterocycles. The van der Waals surface area contributed by atoms with Crippen LogP contribution >= 0.6 is 0 Å². The third-order valence-corrected chi connectivity index (χ3v) is 10.7. The smallest absolute Gasteiger partial charge is 0.172 e. The van der Waals surface area contributed by atoms with Crippen molar-refractivity contribution in [2.24, 2.45) is 0 Å². The summed E-state index contributed by atoms with van der Waals surface area (Å²) >= 11 is 0. The number of nitriles is 2. The van der Waals surface area contributed by atoms with E-state index in [1.165, 1.54) is 51.4 Å². The Balaban J connectivity index is 1.53. The van der Waals surface area contributed by atoms with Gasteiger partial charge in [-0.05, 0) is 112 Å². The lowest BCUT2D eigenvalue weighted by atomic mass is 10.0. The third-order valence-electron chi connectivity index (χ3n) is 10.7. The Morgan fingerprint density at radius 2 is 0.833 bits per heavy atom. The summed E-state index contributed by atoms with van der Waals surface area (Å²) in [6.07, 6.45) is 14.3. The maximum atomic E-state index is 10.9. The van der Waals surface area contributed by atoms with E-state index in [1.807, 2.05) is 88.4 Å². The largest absolute Gasteiger partial charge is 0.494 e. The van der Waals surface area contributed by atoms with E-state index >= 15 is 0 Å². The fraction of sp³-hybridized carbons (Fsp3) is 0.400. The summed E-state index contributed by atoms with van der Waals surface area (Å²) in [4.78, 5) is 26.2. The van der Waals surface area contributed by atoms with E-state index < -0.39 is 0 Å². The number of aromatic amines is 2. The number of H-pyrrole nitrogens is 2. The summed E-state index contributed by atoms with van der Waals surface area (Å²) < 4.78 is 12.3. The van der Waals surface area contributed by atoms with Gasteiger partial charge in [0.2, 0.25) is 0 Å². The van der Waals surface area contributed by atoms with Gasteiger partial charge in [0.1, 0.15) is 34.8 Å². The summed E-state index contributed by atoms with van der Waals surface area (Å²) in [6, 6.07) is 24.6. The van der Waals surface area contributed by atoms with Crippen molar-refractivity contribution in [1.29, 1.82) is 10.5 Å². The summed E-state index contributed by atoms with van der Waals surface area (Å²) in [6.45, 7) is 13.4. The highest BCUT2D eigenvalue weighted by Gasteiger charge is 2.24. The maximum Gasteiger partial charge on any atom is 0.172 e. The van der Waals surface area contributed by atoms with Crippen molar-refractivity contribution in [3.63, 3.8) is 0 Å². The summed E-state index contributed by atoms with van der Waals surface area (Å²) in [5.74, 6) is 2.20. The van der Waals surface area contributed by atoms with E-state index in [0.29, 0.717) is 46.9 Å². The molecule has 4 heterocycles. The molecule has 10 heteroatoms. The van der Waals surface area contributed by atoms with Gasteiger partial charge in [0, 0.05) is 33.5 Å². The normalized spacial score (nSPS) is 12.3. The van der Waals surface area contributed by atoms with Gasteiger partial charge in [0.15, 0.2) is 11.6 Å². The van der Waals surface area contributed by atoms with Crippen LogP contribution in [0.1, 0.15) is 125 Å². The van der Waals surface area contributed by atoms with Crippen molar-refractivity contribution in [2.75, 3.05) is 13.2 Å². The molecule has 2 aromatic carbocycles. The van der Waals surface area contributed by atoms with Crippen molar-refractivity contribution in [2.45, 2.75) is 119 Å². The quantitative estimate of drug-likeness (QED) is 0.0725. The zero-order chi connectivity index (χ0) is 42.4. The van der Waals surface area contributed by atoms with Gasteiger partial charge in [-0.2, -0.15) is 10.5 Å². The minimum absolute atomic E-state index is 0.281. The molecule has 0 aliphatic rings. The third kappa shape index (κ3) is 10.7. The van der Waals surface area contributed by atoms with Crippen LogP contribution in [0.5, 0.6) is 11.5 Å². The Morgan fingerprint density at radius 1 is 0.500 bits per heavy atom. The second-order valence-corrected chi connectivity index (χ2v) is 15.7. The number of fused-ring (bicyclic) bond motifs is 1. The first-order chi connectivity index (χ1) is 29.2. The molecule has 0 bridgehead atoms. The molecule has 310 valence electrons. The van der Waals surface area contributed by atoms with Crippen LogP contribution in [0, 0.1) is 50.4 Å². The number of nitrogens with zero attached hydrogens (tertiary/aromatic N) is 6. The molecule has 10 nitrogen and oxygen atoms in total. The van der Waals surface area contributed by atoms with Crippen LogP contribution in [0.4, 0.5) is 0 Å². The average molecular weight is 803 g/mol. The van der Waals surface area contributed by atoms with Crippen molar-refractivity contribution >= 4 is 21.9 Å². The van der Waals surface area contributed by atoms with E-state index in [4.69, 9.17) is 29.4 Å². The number of unbranched alkanes of at least 4 members (excludes halogenated alkanes) is 10. The molecule has 60 heavy (non-hydrogen) atoms. The van der Waals surface area contributed by atoms with Gasteiger partial charge in [-0.3, -0.25) is 0 Å². The fourth-order valence-electron chi connectivity index (χ4n) is 7.75. The van der Waals surface area contributed by atoms with E-state index in [0.717, 1.165) is 81.9 Å².